The van der Waals surface area contributed by atoms with Crippen LogP contribution in [0.15, 0.2) is 42.6 Å². The van der Waals surface area contributed by atoms with Crippen molar-refractivity contribution < 1.29 is 19.5 Å². The van der Waals surface area contributed by atoms with Crippen molar-refractivity contribution in [2.45, 2.75) is 0 Å². The number of carbonyl (C=O) groups excluding carboxylic acids is 2. The van der Waals surface area contributed by atoms with Crippen LogP contribution in [0.1, 0.15) is 20.7 Å². The number of amides is 3. The Morgan fingerprint density at radius 1 is 1.04 bits per heavy atom. The van der Waals surface area contributed by atoms with Gasteiger partial charge in [0, 0.05) is 12.6 Å². The van der Waals surface area contributed by atoms with Crippen molar-refractivity contribution in [3.8, 4) is 0 Å². The standard InChI is InChI=1S/C16H14N6O4/c1-17-16(26)20-12-8-22-13(18-12)6-5-11(21-22)19-14(23)9-3-2-4-10(7-9)15(24)25/h2-8H,1H3,(H,24,25)(H2,17,20,26)(H,19,21,23). The Balaban J connectivity index is 1.80. The molecule has 0 saturated carbocycles. The molecule has 0 aliphatic heterocycles. The van der Waals surface area contributed by atoms with Gasteiger partial charge in [-0.05, 0) is 30.3 Å². The van der Waals surface area contributed by atoms with Gasteiger partial charge < -0.3 is 15.7 Å². The van der Waals surface area contributed by atoms with Gasteiger partial charge in [0.05, 0.1) is 11.8 Å². The van der Waals surface area contributed by atoms with E-state index in [0.29, 0.717) is 11.5 Å². The summed E-state index contributed by atoms with van der Waals surface area (Å²) in [6.07, 6.45) is 1.49. The maximum Gasteiger partial charge on any atom is 0.335 e. The summed E-state index contributed by atoms with van der Waals surface area (Å²) in [7, 11) is 1.48. The minimum atomic E-state index is -1.12. The normalized spacial score (nSPS) is 10.3. The highest BCUT2D eigenvalue weighted by Crippen LogP contribution is 2.13. The van der Waals surface area contributed by atoms with Crippen molar-refractivity contribution >= 4 is 35.2 Å². The zero-order chi connectivity index (χ0) is 18.7. The van der Waals surface area contributed by atoms with E-state index in [4.69, 9.17) is 5.11 Å². The number of anilines is 2. The first-order valence-electron chi connectivity index (χ1n) is 7.46. The number of hydrogen-bond acceptors (Lipinski definition) is 5. The number of rotatable bonds is 4. The second kappa shape index (κ2) is 6.89. The third kappa shape index (κ3) is 3.59. The summed E-state index contributed by atoms with van der Waals surface area (Å²) in [5.74, 6) is -1.07. The molecule has 0 aliphatic rings. The summed E-state index contributed by atoms with van der Waals surface area (Å²) in [5.41, 5.74) is 0.683. The van der Waals surface area contributed by atoms with Gasteiger partial charge in [-0.2, -0.15) is 0 Å². The Labute approximate surface area is 146 Å². The maximum atomic E-state index is 12.3. The summed E-state index contributed by atoms with van der Waals surface area (Å²) in [6, 6.07) is 8.41. The molecule has 10 nitrogen and oxygen atoms in total. The number of fused-ring (bicyclic) bond motifs is 1. The van der Waals surface area contributed by atoms with Gasteiger partial charge in [-0.3, -0.25) is 10.1 Å². The molecule has 0 fully saturated rings. The van der Waals surface area contributed by atoms with E-state index in [1.807, 2.05) is 0 Å². The fourth-order valence-electron chi connectivity index (χ4n) is 2.17. The van der Waals surface area contributed by atoms with Crippen LogP contribution < -0.4 is 16.0 Å². The minimum Gasteiger partial charge on any atom is -0.478 e. The number of hydrogen-bond donors (Lipinski definition) is 4. The molecule has 3 aromatic rings. The first-order valence-corrected chi connectivity index (χ1v) is 7.46. The third-order valence-corrected chi connectivity index (χ3v) is 3.40. The summed E-state index contributed by atoms with van der Waals surface area (Å²) < 4.78 is 1.40. The molecule has 132 valence electrons. The molecule has 26 heavy (non-hydrogen) atoms. The van der Waals surface area contributed by atoms with E-state index in [1.54, 1.807) is 12.1 Å². The predicted molar refractivity (Wildman–Crippen MR) is 92.4 cm³/mol. The van der Waals surface area contributed by atoms with Crippen LogP contribution in [0.4, 0.5) is 16.4 Å². The fourth-order valence-corrected chi connectivity index (χ4v) is 2.17. The van der Waals surface area contributed by atoms with Gasteiger partial charge in [0.25, 0.3) is 5.91 Å². The Morgan fingerprint density at radius 3 is 2.54 bits per heavy atom. The lowest BCUT2D eigenvalue weighted by Gasteiger charge is -2.05. The second-order valence-electron chi connectivity index (χ2n) is 5.19. The SMILES string of the molecule is CNC(=O)Nc1cn2nc(NC(=O)c3cccc(C(=O)O)c3)ccc2n1. The number of imidazole rings is 1. The van der Waals surface area contributed by atoms with Crippen LogP contribution in [0.3, 0.4) is 0 Å². The Kier molecular flexibility index (Phi) is 4.48. The van der Waals surface area contributed by atoms with E-state index < -0.39 is 17.9 Å². The van der Waals surface area contributed by atoms with Gasteiger partial charge in [0.1, 0.15) is 0 Å². The number of nitrogens with one attached hydrogen (secondary N) is 3. The smallest absolute Gasteiger partial charge is 0.335 e. The predicted octanol–water partition coefficient (Wildman–Crippen LogP) is 1.43. The number of carboxylic acids is 1. The second-order valence-corrected chi connectivity index (χ2v) is 5.19. The highest BCUT2D eigenvalue weighted by atomic mass is 16.4. The molecular weight excluding hydrogens is 340 g/mol. The lowest BCUT2D eigenvalue weighted by molar-refractivity contribution is 0.0697. The highest BCUT2D eigenvalue weighted by molar-refractivity contribution is 6.05. The molecule has 3 amide bonds. The molecule has 4 N–H and O–H groups in total. The number of aromatic carboxylic acids is 1. The van der Waals surface area contributed by atoms with E-state index in [2.05, 4.69) is 26.0 Å². The maximum absolute atomic E-state index is 12.3. The van der Waals surface area contributed by atoms with Crippen LogP contribution in [0.25, 0.3) is 5.65 Å². The molecule has 0 atom stereocenters. The van der Waals surface area contributed by atoms with Crippen molar-refractivity contribution in [1.82, 2.24) is 19.9 Å². The molecule has 0 spiro atoms. The van der Waals surface area contributed by atoms with E-state index >= 15 is 0 Å². The lowest BCUT2D eigenvalue weighted by Crippen LogP contribution is -2.24. The van der Waals surface area contributed by atoms with Gasteiger partial charge >= 0.3 is 12.0 Å². The van der Waals surface area contributed by atoms with Crippen molar-refractivity contribution in [3.05, 3.63) is 53.7 Å². The van der Waals surface area contributed by atoms with Gasteiger partial charge in [-0.25, -0.2) is 19.1 Å². The molecule has 0 saturated heterocycles. The number of carboxylic acid groups (broad SMARTS) is 1. The van der Waals surface area contributed by atoms with Crippen LogP contribution in [-0.4, -0.2) is 44.7 Å². The zero-order valence-electron chi connectivity index (χ0n) is 13.6. The summed E-state index contributed by atoms with van der Waals surface area (Å²) in [6.45, 7) is 0. The lowest BCUT2D eigenvalue weighted by atomic mass is 10.1. The number of nitrogens with zero attached hydrogens (tertiary/aromatic N) is 3. The summed E-state index contributed by atoms with van der Waals surface area (Å²) >= 11 is 0. The summed E-state index contributed by atoms with van der Waals surface area (Å²) in [4.78, 5) is 38.7. The number of carbonyl (C=O) groups is 3. The van der Waals surface area contributed by atoms with E-state index in [9.17, 15) is 14.4 Å². The fraction of sp³-hybridized carbons (Fsp3) is 0.0625. The molecule has 0 aliphatic carbocycles. The monoisotopic (exact) mass is 354 g/mol. The topological polar surface area (TPSA) is 138 Å². The van der Waals surface area contributed by atoms with Crippen LogP contribution in [-0.2, 0) is 0 Å². The van der Waals surface area contributed by atoms with Gasteiger partial charge in [0.15, 0.2) is 17.3 Å². The van der Waals surface area contributed by atoms with Crippen LogP contribution in [0.5, 0.6) is 0 Å². The van der Waals surface area contributed by atoms with E-state index in [1.165, 1.54) is 42.0 Å². The number of aromatic nitrogens is 3. The first-order chi connectivity index (χ1) is 12.5. The molecule has 0 bridgehead atoms. The zero-order valence-corrected chi connectivity index (χ0v) is 13.6. The molecule has 1 aromatic carbocycles. The Morgan fingerprint density at radius 2 is 1.81 bits per heavy atom. The first kappa shape index (κ1) is 16.9. The number of benzene rings is 1. The van der Waals surface area contributed by atoms with Crippen LogP contribution in [0, 0.1) is 0 Å². The van der Waals surface area contributed by atoms with Crippen molar-refractivity contribution in [2.75, 3.05) is 17.7 Å². The molecule has 0 radical (unpaired) electrons. The van der Waals surface area contributed by atoms with Gasteiger partial charge in [-0.1, -0.05) is 6.07 Å². The third-order valence-electron chi connectivity index (χ3n) is 3.40. The average Bonchev–Trinajstić information content (AvgIpc) is 3.03. The largest absolute Gasteiger partial charge is 0.478 e. The van der Waals surface area contributed by atoms with Crippen LogP contribution >= 0.6 is 0 Å². The molecular formula is C16H14N6O4. The van der Waals surface area contributed by atoms with Crippen molar-refractivity contribution in [3.63, 3.8) is 0 Å². The quantitative estimate of drug-likeness (QED) is 0.559. The average molecular weight is 354 g/mol. The molecule has 2 heterocycles. The van der Waals surface area contributed by atoms with Crippen molar-refractivity contribution in [1.29, 1.82) is 0 Å². The molecule has 3 rings (SSSR count). The van der Waals surface area contributed by atoms with Gasteiger partial charge in [-0.15, -0.1) is 5.10 Å². The minimum absolute atomic E-state index is 0.0144. The molecule has 10 heteroatoms. The van der Waals surface area contributed by atoms with Crippen LogP contribution in [0.2, 0.25) is 0 Å². The Hall–Kier alpha value is -3.95. The summed E-state index contributed by atoms with van der Waals surface area (Å²) in [5, 5.41) is 20.7. The Bertz CT molecular complexity index is 1010. The highest BCUT2D eigenvalue weighted by Gasteiger charge is 2.11. The van der Waals surface area contributed by atoms with Gasteiger partial charge in [0.2, 0.25) is 0 Å². The number of urea groups is 1. The van der Waals surface area contributed by atoms with E-state index in [-0.39, 0.29) is 16.9 Å². The van der Waals surface area contributed by atoms with E-state index in [0.717, 1.165) is 0 Å². The van der Waals surface area contributed by atoms with Crippen molar-refractivity contribution in [2.24, 2.45) is 0 Å². The molecule has 0 unspecified atom stereocenters. The molecule has 2 aromatic heterocycles.